The maximum Gasteiger partial charge on any atom is 0.409 e. The van der Waals surface area contributed by atoms with Crippen molar-refractivity contribution in [1.29, 1.82) is 0 Å². The highest BCUT2D eigenvalue weighted by Gasteiger charge is 2.34. The molecule has 10 nitrogen and oxygen atoms in total. The lowest BCUT2D eigenvalue weighted by atomic mass is 9.89. The summed E-state index contributed by atoms with van der Waals surface area (Å²) < 4.78 is 11.3. The summed E-state index contributed by atoms with van der Waals surface area (Å²) in [5.74, 6) is -0.628. The van der Waals surface area contributed by atoms with Gasteiger partial charge in [0, 0.05) is 53.7 Å². The molecule has 1 fully saturated rings. The predicted molar refractivity (Wildman–Crippen MR) is 149 cm³/mol. The van der Waals surface area contributed by atoms with Crippen molar-refractivity contribution in [2.45, 2.75) is 52.2 Å². The second-order valence-electron chi connectivity index (χ2n) is 10.0. The molecule has 2 atom stereocenters. The molecule has 3 N–H and O–H groups in total. The Bertz CT molecular complexity index is 1330. The third kappa shape index (κ3) is 7.47. The molecule has 0 spiro atoms. The second-order valence-corrected chi connectivity index (χ2v) is 10.0. The van der Waals surface area contributed by atoms with Crippen molar-refractivity contribution in [3.8, 4) is 5.75 Å². The Morgan fingerprint density at radius 3 is 2.65 bits per heavy atom. The zero-order chi connectivity index (χ0) is 28.5. The van der Waals surface area contributed by atoms with Gasteiger partial charge in [-0.25, -0.2) is 10.3 Å². The normalized spacial score (nSPS) is 16.8. The van der Waals surface area contributed by atoms with Crippen LogP contribution in [0.4, 0.5) is 4.79 Å². The number of carbonyl (C=O) groups excluding carboxylic acids is 3. The first kappa shape index (κ1) is 28.8. The quantitative estimate of drug-likeness (QED) is 0.195. The van der Waals surface area contributed by atoms with E-state index in [0.717, 1.165) is 35.0 Å². The maximum atomic E-state index is 13.1. The number of hydrogen-bond donors (Lipinski definition) is 3. The number of amides is 3. The van der Waals surface area contributed by atoms with E-state index in [1.54, 1.807) is 34.6 Å². The van der Waals surface area contributed by atoms with Gasteiger partial charge in [-0.05, 0) is 56.2 Å². The number of aryl methyl sites for hydroxylation is 1. The molecule has 0 bridgehead atoms. The number of fused-ring (bicyclic) bond motifs is 1. The minimum atomic E-state index is -0.580. The van der Waals surface area contributed by atoms with E-state index in [9.17, 15) is 14.4 Å². The van der Waals surface area contributed by atoms with Crippen LogP contribution in [-0.4, -0.2) is 58.7 Å². The van der Waals surface area contributed by atoms with Gasteiger partial charge in [-0.1, -0.05) is 31.5 Å². The molecule has 1 saturated heterocycles. The van der Waals surface area contributed by atoms with E-state index in [-0.39, 0.29) is 30.8 Å². The molecule has 10 heteroatoms. The number of nitrogens with one attached hydrogen (secondary N) is 2. The number of nitrogens with zero attached hydrogens (tertiary/aromatic N) is 2. The lowest BCUT2D eigenvalue weighted by molar-refractivity contribution is -0.130. The Morgan fingerprint density at radius 1 is 1.12 bits per heavy atom. The number of pyridine rings is 1. The van der Waals surface area contributed by atoms with Gasteiger partial charge >= 0.3 is 6.09 Å². The third-order valence-corrected chi connectivity index (χ3v) is 7.05. The van der Waals surface area contributed by atoms with Gasteiger partial charge in [0.25, 0.3) is 5.91 Å². The number of unbranched alkanes of at least 4 members (excludes halogenated alkanes) is 1. The number of piperidine rings is 1. The number of rotatable bonds is 10. The minimum absolute atomic E-state index is 0.0455. The summed E-state index contributed by atoms with van der Waals surface area (Å²) in [6.45, 7) is 5.29. The highest BCUT2D eigenvalue weighted by atomic mass is 16.6. The van der Waals surface area contributed by atoms with E-state index in [2.05, 4.69) is 10.3 Å². The van der Waals surface area contributed by atoms with E-state index in [0.29, 0.717) is 37.5 Å². The summed E-state index contributed by atoms with van der Waals surface area (Å²) in [5.41, 5.74) is 4.96. The van der Waals surface area contributed by atoms with Crippen LogP contribution in [0.2, 0.25) is 0 Å². The summed E-state index contributed by atoms with van der Waals surface area (Å²) in [6, 6.07) is 16.4. The van der Waals surface area contributed by atoms with Crippen LogP contribution in [0.15, 0.2) is 54.6 Å². The van der Waals surface area contributed by atoms with Crippen molar-refractivity contribution in [3.63, 3.8) is 0 Å². The van der Waals surface area contributed by atoms with Gasteiger partial charge in [0.05, 0.1) is 12.1 Å². The molecule has 0 aliphatic carbocycles. The van der Waals surface area contributed by atoms with Crippen molar-refractivity contribution < 1.29 is 29.1 Å². The van der Waals surface area contributed by atoms with Crippen molar-refractivity contribution in [1.82, 2.24) is 20.7 Å². The highest BCUT2D eigenvalue weighted by Crippen LogP contribution is 2.24. The van der Waals surface area contributed by atoms with Crippen LogP contribution < -0.4 is 15.5 Å². The molecule has 1 aliphatic heterocycles. The summed E-state index contributed by atoms with van der Waals surface area (Å²) in [6.07, 6.45) is 1.67. The SMILES string of the molecule is CCCCOC(=O)N1CC[C@@H](NC(=O)c2ccc(OCc3cc(C)nc4ccccc34)cc2)[C@@H](CC(=O)NO)C1. The second kappa shape index (κ2) is 13.7. The van der Waals surface area contributed by atoms with Crippen LogP contribution >= 0.6 is 0 Å². The highest BCUT2D eigenvalue weighted by molar-refractivity contribution is 5.94. The van der Waals surface area contributed by atoms with Gasteiger partial charge in [-0.15, -0.1) is 0 Å². The molecular formula is C30H36N4O6. The van der Waals surface area contributed by atoms with Crippen molar-refractivity contribution >= 4 is 28.8 Å². The molecule has 3 amide bonds. The van der Waals surface area contributed by atoms with Gasteiger partial charge in [0.2, 0.25) is 5.91 Å². The zero-order valence-electron chi connectivity index (χ0n) is 22.9. The number of benzene rings is 2. The van der Waals surface area contributed by atoms with E-state index < -0.39 is 12.0 Å². The number of carbonyl (C=O) groups is 3. The van der Waals surface area contributed by atoms with Crippen molar-refractivity contribution in [3.05, 3.63) is 71.4 Å². The monoisotopic (exact) mass is 548 g/mol. The van der Waals surface area contributed by atoms with Gasteiger partial charge in [-0.3, -0.25) is 19.8 Å². The average molecular weight is 549 g/mol. The maximum absolute atomic E-state index is 13.1. The molecule has 212 valence electrons. The Balaban J connectivity index is 1.36. The lowest BCUT2D eigenvalue weighted by Crippen LogP contribution is -2.53. The van der Waals surface area contributed by atoms with E-state index >= 15 is 0 Å². The van der Waals surface area contributed by atoms with Crippen LogP contribution in [-0.2, 0) is 16.1 Å². The molecule has 2 aromatic carbocycles. The van der Waals surface area contributed by atoms with E-state index in [4.69, 9.17) is 14.7 Å². The number of hydrogen-bond acceptors (Lipinski definition) is 7. The predicted octanol–water partition coefficient (Wildman–Crippen LogP) is 4.37. The number of hydroxylamine groups is 1. The average Bonchev–Trinajstić information content (AvgIpc) is 2.96. The molecule has 0 unspecified atom stereocenters. The standard InChI is InChI=1S/C30H36N4O6/c1-3-4-15-39-30(37)34-14-13-26(22(18-34)17-28(35)33-38)32-29(36)21-9-11-24(12-10-21)40-19-23-16-20(2)31-27-8-6-5-7-25(23)27/h5-12,16,22,26,38H,3-4,13-15,17-19H2,1-2H3,(H,32,36)(H,33,35)/t22-,26+/m0/s1. The summed E-state index contributed by atoms with van der Waals surface area (Å²) >= 11 is 0. The first-order chi connectivity index (χ1) is 19.4. The van der Waals surface area contributed by atoms with Gasteiger partial charge < -0.3 is 19.7 Å². The third-order valence-electron chi connectivity index (χ3n) is 7.05. The molecule has 1 aromatic heterocycles. The molecule has 0 saturated carbocycles. The number of ether oxygens (including phenoxy) is 2. The molecule has 4 rings (SSSR count). The topological polar surface area (TPSA) is 130 Å². The minimum Gasteiger partial charge on any atom is -0.489 e. The lowest BCUT2D eigenvalue weighted by Gasteiger charge is -2.38. The van der Waals surface area contributed by atoms with Gasteiger partial charge in [0.15, 0.2) is 0 Å². The summed E-state index contributed by atoms with van der Waals surface area (Å²) in [4.78, 5) is 43.5. The fourth-order valence-electron chi connectivity index (χ4n) is 4.90. The van der Waals surface area contributed by atoms with E-state index in [1.807, 2.05) is 44.2 Å². The first-order valence-electron chi connectivity index (χ1n) is 13.6. The summed E-state index contributed by atoms with van der Waals surface area (Å²) in [7, 11) is 0. The fraction of sp³-hybridized carbons (Fsp3) is 0.400. The van der Waals surface area contributed by atoms with Crippen LogP contribution in [0, 0.1) is 12.8 Å². The smallest absolute Gasteiger partial charge is 0.409 e. The number of likely N-dealkylation sites (tertiary alicyclic amines) is 1. The molecule has 1 aliphatic rings. The van der Waals surface area contributed by atoms with Crippen LogP contribution in [0.3, 0.4) is 0 Å². The first-order valence-corrected chi connectivity index (χ1v) is 13.6. The number of aromatic nitrogens is 1. The zero-order valence-corrected chi connectivity index (χ0v) is 22.9. The molecular weight excluding hydrogens is 512 g/mol. The van der Waals surface area contributed by atoms with Crippen LogP contribution in [0.25, 0.3) is 10.9 Å². The summed E-state index contributed by atoms with van der Waals surface area (Å²) in [5, 5.41) is 13.1. The molecule has 2 heterocycles. The largest absolute Gasteiger partial charge is 0.489 e. The Kier molecular flexibility index (Phi) is 9.91. The molecule has 3 aromatic rings. The Labute approximate surface area is 233 Å². The fourth-order valence-corrected chi connectivity index (χ4v) is 4.90. The Hall–Kier alpha value is -4.18. The number of para-hydroxylation sites is 1. The van der Waals surface area contributed by atoms with Crippen LogP contribution in [0.5, 0.6) is 5.75 Å². The van der Waals surface area contributed by atoms with Gasteiger partial charge in [-0.2, -0.15) is 0 Å². The molecule has 40 heavy (non-hydrogen) atoms. The van der Waals surface area contributed by atoms with Crippen molar-refractivity contribution in [2.75, 3.05) is 19.7 Å². The van der Waals surface area contributed by atoms with Crippen molar-refractivity contribution in [2.24, 2.45) is 5.92 Å². The van der Waals surface area contributed by atoms with Crippen LogP contribution in [0.1, 0.15) is 54.2 Å². The molecule has 0 radical (unpaired) electrons. The van der Waals surface area contributed by atoms with Gasteiger partial charge in [0.1, 0.15) is 12.4 Å². The Morgan fingerprint density at radius 2 is 1.90 bits per heavy atom. The van der Waals surface area contributed by atoms with E-state index in [1.165, 1.54) is 0 Å².